The van der Waals surface area contributed by atoms with E-state index < -0.39 is 0 Å². The first-order chi connectivity index (χ1) is 12.3. The van der Waals surface area contributed by atoms with Gasteiger partial charge in [-0.05, 0) is 12.8 Å². The van der Waals surface area contributed by atoms with E-state index in [0.717, 1.165) is 51.0 Å². The molecule has 0 radical (unpaired) electrons. The Balaban J connectivity index is 1.53. The van der Waals surface area contributed by atoms with E-state index in [4.69, 9.17) is 9.26 Å². The van der Waals surface area contributed by atoms with Crippen LogP contribution >= 0.6 is 0 Å². The molecule has 1 aliphatic heterocycles. The van der Waals surface area contributed by atoms with Crippen LogP contribution in [-0.4, -0.2) is 62.5 Å². The van der Waals surface area contributed by atoms with Gasteiger partial charge in [0.2, 0.25) is 0 Å². The van der Waals surface area contributed by atoms with Crippen LogP contribution < -0.4 is 10.6 Å². The number of hydrogen-bond acceptors (Lipinski definition) is 5. The number of hydrogen-bond donors (Lipinski definition) is 2. The third-order valence-corrected chi connectivity index (χ3v) is 5.36. The Morgan fingerprint density at radius 3 is 2.72 bits per heavy atom. The Morgan fingerprint density at radius 2 is 2.04 bits per heavy atom. The average molecular weight is 349 g/mol. The number of aromatic nitrogens is 1. The molecule has 1 aromatic rings. The molecule has 140 valence electrons. The second kappa shape index (κ2) is 9.20. The predicted octanol–water partition coefficient (Wildman–Crippen LogP) is 1.62. The number of guanidine groups is 1. The van der Waals surface area contributed by atoms with Crippen LogP contribution in [0.15, 0.2) is 21.8 Å². The summed E-state index contributed by atoms with van der Waals surface area (Å²) in [5, 5.41) is 10.8. The molecule has 1 aromatic heterocycles. The van der Waals surface area contributed by atoms with E-state index in [1.54, 1.807) is 6.26 Å². The third kappa shape index (κ3) is 5.44. The van der Waals surface area contributed by atoms with E-state index >= 15 is 0 Å². The first-order valence-electron chi connectivity index (χ1n) is 9.44. The summed E-state index contributed by atoms with van der Waals surface area (Å²) in [5.74, 6) is 0.829. The molecule has 1 aliphatic carbocycles. The van der Waals surface area contributed by atoms with Gasteiger partial charge in [0, 0.05) is 44.7 Å². The molecule has 0 unspecified atom stereocenters. The zero-order valence-electron chi connectivity index (χ0n) is 15.3. The van der Waals surface area contributed by atoms with Gasteiger partial charge >= 0.3 is 0 Å². The van der Waals surface area contributed by atoms with E-state index in [2.05, 4.69) is 25.7 Å². The lowest BCUT2D eigenvalue weighted by atomic mass is 9.73. The maximum atomic E-state index is 5.50. The van der Waals surface area contributed by atoms with Gasteiger partial charge in [-0.3, -0.25) is 9.89 Å². The molecule has 7 heteroatoms. The highest BCUT2D eigenvalue weighted by molar-refractivity contribution is 5.79. The van der Waals surface area contributed by atoms with Crippen molar-refractivity contribution in [2.24, 2.45) is 10.4 Å². The molecule has 7 nitrogen and oxygen atoms in total. The van der Waals surface area contributed by atoms with Crippen LogP contribution in [0.5, 0.6) is 0 Å². The molecule has 0 bridgehead atoms. The van der Waals surface area contributed by atoms with E-state index in [9.17, 15) is 0 Å². The van der Waals surface area contributed by atoms with Gasteiger partial charge in [-0.2, -0.15) is 0 Å². The van der Waals surface area contributed by atoms with Crippen LogP contribution in [0, 0.1) is 5.41 Å². The lowest BCUT2D eigenvalue weighted by molar-refractivity contribution is 0.00820. The third-order valence-electron chi connectivity index (χ3n) is 5.36. The molecule has 0 atom stereocenters. The largest absolute Gasteiger partial charge is 0.379 e. The van der Waals surface area contributed by atoms with Crippen LogP contribution in [0.1, 0.15) is 37.8 Å². The Labute approximate surface area is 150 Å². The Hall–Kier alpha value is -1.60. The fourth-order valence-electron chi connectivity index (χ4n) is 3.92. The van der Waals surface area contributed by atoms with Crippen molar-refractivity contribution in [3.8, 4) is 0 Å². The monoisotopic (exact) mass is 349 g/mol. The number of nitrogens with zero attached hydrogens (tertiary/aromatic N) is 3. The first-order valence-corrected chi connectivity index (χ1v) is 9.44. The van der Waals surface area contributed by atoms with Crippen LogP contribution in [0.25, 0.3) is 0 Å². The van der Waals surface area contributed by atoms with Crippen LogP contribution in [0.4, 0.5) is 0 Å². The number of rotatable bonds is 6. The van der Waals surface area contributed by atoms with Crippen molar-refractivity contribution in [3.63, 3.8) is 0 Å². The van der Waals surface area contributed by atoms with E-state index in [1.807, 2.05) is 13.1 Å². The molecule has 3 rings (SSSR count). The van der Waals surface area contributed by atoms with Gasteiger partial charge in [0.05, 0.1) is 19.8 Å². The molecule has 1 saturated heterocycles. The minimum atomic E-state index is 0.334. The minimum absolute atomic E-state index is 0.334. The summed E-state index contributed by atoms with van der Waals surface area (Å²) in [6, 6.07) is 1.86. The molecule has 2 N–H and O–H groups in total. The lowest BCUT2D eigenvalue weighted by Crippen LogP contribution is -2.51. The topological polar surface area (TPSA) is 74.9 Å². The zero-order chi connectivity index (χ0) is 17.4. The molecule has 1 saturated carbocycles. The molecule has 2 fully saturated rings. The molecular weight excluding hydrogens is 318 g/mol. The predicted molar refractivity (Wildman–Crippen MR) is 97.5 cm³/mol. The van der Waals surface area contributed by atoms with Crippen molar-refractivity contribution in [3.05, 3.63) is 18.0 Å². The minimum Gasteiger partial charge on any atom is -0.379 e. The molecule has 0 aromatic carbocycles. The second-order valence-corrected chi connectivity index (χ2v) is 7.22. The Morgan fingerprint density at radius 1 is 1.24 bits per heavy atom. The van der Waals surface area contributed by atoms with Gasteiger partial charge < -0.3 is 19.9 Å². The molecule has 2 aliphatic rings. The number of nitrogens with one attached hydrogen (secondary N) is 2. The molecule has 0 spiro atoms. The van der Waals surface area contributed by atoms with Gasteiger partial charge in [0.1, 0.15) is 12.0 Å². The fraction of sp³-hybridized carbons (Fsp3) is 0.778. The fourth-order valence-corrected chi connectivity index (χ4v) is 3.92. The van der Waals surface area contributed by atoms with E-state index in [-0.39, 0.29) is 0 Å². The summed E-state index contributed by atoms with van der Waals surface area (Å²) < 4.78 is 10.4. The van der Waals surface area contributed by atoms with Crippen molar-refractivity contribution in [2.45, 2.75) is 38.6 Å². The maximum Gasteiger partial charge on any atom is 0.191 e. The van der Waals surface area contributed by atoms with E-state index in [0.29, 0.717) is 12.0 Å². The van der Waals surface area contributed by atoms with Crippen LogP contribution in [0.3, 0.4) is 0 Å². The zero-order valence-corrected chi connectivity index (χ0v) is 15.3. The van der Waals surface area contributed by atoms with Crippen molar-refractivity contribution in [1.82, 2.24) is 20.7 Å². The summed E-state index contributed by atoms with van der Waals surface area (Å²) in [4.78, 5) is 6.92. The molecule has 25 heavy (non-hydrogen) atoms. The lowest BCUT2D eigenvalue weighted by Gasteiger charge is -2.42. The number of aliphatic imine (C=N–C) groups is 1. The number of ether oxygens (including phenoxy) is 1. The molecular formula is C18H31N5O2. The maximum absolute atomic E-state index is 5.50. The van der Waals surface area contributed by atoms with E-state index in [1.165, 1.54) is 32.1 Å². The smallest absolute Gasteiger partial charge is 0.191 e. The SMILES string of the molecule is CN=C(NCc1ccon1)NCC1(CN2CCOCC2)CCCCC1. The van der Waals surface area contributed by atoms with Crippen molar-refractivity contribution in [1.29, 1.82) is 0 Å². The highest BCUT2D eigenvalue weighted by Crippen LogP contribution is 2.36. The first kappa shape index (κ1) is 18.2. The van der Waals surface area contributed by atoms with Gasteiger partial charge in [0.25, 0.3) is 0 Å². The van der Waals surface area contributed by atoms with Crippen molar-refractivity contribution in [2.75, 3.05) is 46.4 Å². The van der Waals surface area contributed by atoms with Gasteiger partial charge in [0.15, 0.2) is 5.96 Å². The summed E-state index contributed by atoms with van der Waals surface area (Å²) in [6.45, 7) is 6.58. The molecule has 0 amide bonds. The number of morpholine rings is 1. The van der Waals surface area contributed by atoms with Crippen LogP contribution in [-0.2, 0) is 11.3 Å². The quantitative estimate of drug-likeness (QED) is 0.600. The second-order valence-electron chi connectivity index (χ2n) is 7.22. The Bertz CT molecular complexity index is 520. The highest BCUT2D eigenvalue weighted by atomic mass is 16.5. The normalized spacial score (nSPS) is 21.9. The standard InChI is InChI=1S/C18H31N5O2/c1-19-17(20-13-16-5-10-25-22-16)21-14-18(6-3-2-4-7-18)15-23-8-11-24-12-9-23/h5,10H,2-4,6-9,11-15H2,1H3,(H2,19,20,21). The molecule has 2 heterocycles. The van der Waals surface area contributed by atoms with Crippen molar-refractivity contribution >= 4 is 5.96 Å². The average Bonchev–Trinajstić information content (AvgIpc) is 3.17. The summed E-state index contributed by atoms with van der Waals surface area (Å²) >= 11 is 0. The van der Waals surface area contributed by atoms with Crippen molar-refractivity contribution < 1.29 is 9.26 Å². The summed E-state index contributed by atoms with van der Waals surface area (Å²) in [7, 11) is 1.81. The van der Waals surface area contributed by atoms with Gasteiger partial charge in [-0.25, -0.2) is 0 Å². The highest BCUT2D eigenvalue weighted by Gasteiger charge is 2.34. The summed E-state index contributed by atoms with van der Waals surface area (Å²) in [6.07, 6.45) is 8.19. The summed E-state index contributed by atoms with van der Waals surface area (Å²) in [5.41, 5.74) is 1.21. The van der Waals surface area contributed by atoms with Gasteiger partial charge in [-0.1, -0.05) is 24.4 Å². The Kier molecular flexibility index (Phi) is 6.69. The van der Waals surface area contributed by atoms with Crippen LogP contribution in [0.2, 0.25) is 0 Å². The van der Waals surface area contributed by atoms with Gasteiger partial charge in [-0.15, -0.1) is 0 Å².